The molecule has 1 heterocycles. The number of benzene rings is 2. The molecule has 0 saturated heterocycles. The van der Waals surface area contributed by atoms with Gasteiger partial charge in [-0.05, 0) is 44.5 Å². The summed E-state index contributed by atoms with van der Waals surface area (Å²) in [6.45, 7) is 10.7. The summed E-state index contributed by atoms with van der Waals surface area (Å²) in [5, 5.41) is 2.94. The zero-order chi connectivity index (χ0) is 26.9. The molecule has 0 aromatic heterocycles. The molecule has 1 aliphatic heterocycles. The Kier molecular flexibility index (Phi) is 14.8. The molecule has 1 unspecified atom stereocenters. The molecule has 0 fully saturated rings. The number of anilines is 2. The maximum absolute atomic E-state index is 12.7. The van der Waals surface area contributed by atoms with E-state index in [1.165, 1.54) is 39.0 Å². The van der Waals surface area contributed by atoms with Gasteiger partial charge in [0, 0.05) is 6.07 Å². The molecular weight excluding hydrogens is 456 g/mol. The number of carbonyl (C=O) groups excluding carboxylic acids is 2. The van der Waals surface area contributed by atoms with Crippen LogP contribution in [0, 0.1) is 6.92 Å². The molecule has 2 aromatic rings. The zero-order valence-corrected chi connectivity index (χ0v) is 23.1. The van der Waals surface area contributed by atoms with Crippen molar-refractivity contribution in [2.45, 2.75) is 72.8 Å². The quantitative estimate of drug-likeness (QED) is 0.316. The Balaban J connectivity index is 0.000000552. The lowest BCUT2D eigenvalue weighted by atomic mass is 10.1. The molecule has 1 aliphatic rings. The van der Waals surface area contributed by atoms with Crippen LogP contribution in [0.25, 0.3) is 0 Å². The highest BCUT2D eigenvalue weighted by atomic mass is 16.5. The van der Waals surface area contributed by atoms with Crippen molar-refractivity contribution in [2.24, 2.45) is 0 Å². The molecule has 2 aromatic carbocycles. The van der Waals surface area contributed by atoms with Crippen molar-refractivity contribution in [3.05, 3.63) is 42.0 Å². The van der Waals surface area contributed by atoms with Gasteiger partial charge in [-0.3, -0.25) is 4.79 Å². The number of aryl methyl sites for hydroxylation is 1. The summed E-state index contributed by atoms with van der Waals surface area (Å²) < 4.78 is 16.5. The molecule has 0 spiro atoms. The Labute approximate surface area is 217 Å². The van der Waals surface area contributed by atoms with Gasteiger partial charge in [-0.25, -0.2) is 0 Å². The second kappa shape index (κ2) is 17.2. The maximum Gasteiger partial charge on any atom is 0.243 e. The van der Waals surface area contributed by atoms with Crippen LogP contribution in [-0.4, -0.2) is 45.6 Å². The minimum atomic E-state index is -0.114. The SMILES string of the molecule is CC=O.CCCCCCC.COc1cc(OC)c(NC(=O)CN2CC(C)Oc3ccccc32)cc1C. The first-order chi connectivity index (χ1) is 17.3. The average molecular weight is 501 g/mol. The largest absolute Gasteiger partial charge is 0.496 e. The molecule has 36 heavy (non-hydrogen) atoms. The van der Waals surface area contributed by atoms with E-state index in [4.69, 9.17) is 19.0 Å². The summed E-state index contributed by atoms with van der Waals surface area (Å²) in [5.41, 5.74) is 2.48. The van der Waals surface area contributed by atoms with E-state index in [-0.39, 0.29) is 18.6 Å². The third-order valence-corrected chi connectivity index (χ3v) is 5.54. The first-order valence-electron chi connectivity index (χ1n) is 12.8. The normalized spacial score (nSPS) is 13.5. The van der Waals surface area contributed by atoms with Crippen LogP contribution < -0.4 is 24.4 Å². The molecule has 0 radical (unpaired) electrons. The number of carbonyl (C=O) groups is 2. The smallest absolute Gasteiger partial charge is 0.243 e. The van der Waals surface area contributed by atoms with Crippen LogP contribution in [0.2, 0.25) is 0 Å². The molecule has 0 saturated carbocycles. The van der Waals surface area contributed by atoms with E-state index >= 15 is 0 Å². The molecule has 0 bridgehead atoms. The molecule has 1 amide bonds. The van der Waals surface area contributed by atoms with E-state index in [9.17, 15) is 4.79 Å². The van der Waals surface area contributed by atoms with Gasteiger partial charge in [0.1, 0.15) is 29.6 Å². The first kappa shape index (κ1) is 30.8. The van der Waals surface area contributed by atoms with Gasteiger partial charge < -0.3 is 29.2 Å². The number of ether oxygens (including phenoxy) is 3. The van der Waals surface area contributed by atoms with Gasteiger partial charge in [0.05, 0.1) is 38.7 Å². The van der Waals surface area contributed by atoms with Gasteiger partial charge in [0.2, 0.25) is 5.91 Å². The van der Waals surface area contributed by atoms with E-state index in [2.05, 4.69) is 19.2 Å². The van der Waals surface area contributed by atoms with E-state index in [0.717, 1.165) is 29.0 Å². The summed E-state index contributed by atoms with van der Waals surface area (Å²) in [6, 6.07) is 11.4. The molecule has 200 valence electrons. The van der Waals surface area contributed by atoms with E-state index in [1.54, 1.807) is 20.3 Å². The van der Waals surface area contributed by atoms with Crippen LogP contribution in [0.1, 0.15) is 65.4 Å². The summed E-state index contributed by atoms with van der Waals surface area (Å²) in [6.07, 6.45) is 7.78. The fraction of sp³-hybridized carbons (Fsp3) is 0.517. The summed E-state index contributed by atoms with van der Waals surface area (Å²) in [7, 11) is 3.18. The van der Waals surface area contributed by atoms with Crippen molar-refractivity contribution in [3.63, 3.8) is 0 Å². The van der Waals surface area contributed by atoms with Crippen molar-refractivity contribution < 1.29 is 23.8 Å². The Morgan fingerprint density at radius 3 is 2.28 bits per heavy atom. The van der Waals surface area contributed by atoms with Gasteiger partial charge in [-0.1, -0.05) is 58.1 Å². The van der Waals surface area contributed by atoms with Crippen molar-refractivity contribution in [1.82, 2.24) is 0 Å². The first-order valence-corrected chi connectivity index (χ1v) is 12.8. The lowest BCUT2D eigenvalue weighted by Gasteiger charge is -2.34. The number of methoxy groups -OCH3 is 2. The monoisotopic (exact) mass is 500 g/mol. The number of rotatable bonds is 9. The fourth-order valence-corrected chi connectivity index (χ4v) is 3.83. The minimum absolute atomic E-state index is 0.0236. The van der Waals surface area contributed by atoms with Gasteiger partial charge >= 0.3 is 0 Å². The van der Waals surface area contributed by atoms with E-state index in [0.29, 0.717) is 18.0 Å². The van der Waals surface area contributed by atoms with Crippen molar-refractivity contribution in [3.8, 4) is 17.2 Å². The molecule has 1 atom stereocenters. The Hall–Kier alpha value is -3.22. The Morgan fingerprint density at radius 1 is 1.08 bits per heavy atom. The lowest BCUT2D eigenvalue weighted by Crippen LogP contribution is -2.42. The second-order valence-electron chi connectivity index (χ2n) is 8.64. The van der Waals surface area contributed by atoms with Crippen molar-refractivity contribution >= 4 is 23.6 Å². The zero-order valence-electron chi connectivity index (χ0n) is 23.1. The standard InChI is InChI=1S/C20H24N2O4.C7H16.C2H4O/c1-13-9-15(19(25-4)10-18(13)24-3)21-20(23)12-22-11-14(2)26-17-8-6-5-7-16(17)22;1-3-5-7-6-4-2;1-2-3/h5-10,14H,11-12H2,1-4H3,(H,21,23);3-7H2,1-2H3;2H,1H3. The number of unbranched alkanes of at least 4 members (excludes halogenated alkanes) is 4. The number of hydrogen-bond donors (Lipinski definition) is 1. The van der Waals surface area contributed by atoms with Gasteiger partial charge in [0.15, 0.2) is 0 Å². The molecule has 1 N–H and O–H groups in total. The highest BCUT2D eigenvalue weighted by Gasteiger charge is 2.24. The second-order valence-corrected chi connectivity index (χ2v) is 8.64. The van der Waals surface area contributed by atoms with Crippen LogP contribution in [-0.2, 0) is 9.59 Å². The molecule has 7 nitrogen and oxygen atoms in total. The number of nitrogens with zero attached hydrogens (tertiary/aromatic N) is 1. The molecule has 3 rings (SSSR count). The number of hydrogen-bond acceptors (Lipinski definition) is 6. The van der Waals surface area contributed by atoms with Gasteiger partial charge in [-0.2, -0.15) is 0 Å². The molecular formula is C29H44N2O5. The van der Waals surface area contributed by atoms with Crippen LogP contribution in [0.15, 0.2) is 36.4 Å². The Bertz CT molecular complexity index is 928. The van der Waals surface area contributed by atoms with Gasteiger partial charge in [-0.15, -0.1) is 0 Å². The Morgan fingerprint density at radius 2 is 1.69 bits per heavy atom. The highest BCUT2D eigenvalue weighted by molar-refractivity contribution is 5.96. The average Bonchev–Trinajstić information content (AvgIpc) is 2.85. The van der Waals surface area contributed by atoms with Crippen molar-refractivity contribution in [1.29, 1.82) is 0 Å². The van der Waals surface area contributed by atoms with E-state index in [1.807, 2.05) is 49.1 Å². The third kappa shape index (κ3) is 10.2. The third-order valence-electron chi connectivity index (χ3n) is 5.54. The molecule has 7 heteroatoms. The summed E-state index contributed by atoms with van der Waals surface area (Å²) in [4.78, 5) is 23.5. The molecule has 0 aliphatic carbocycles. The topological polar surface area (TPSA) is 77.1 Å². The van der Waals surface area contributed by atoms with E-state index < -0.39 is 0 Å². The summed E-state index contributed by atoms with van der Waals surface area (Å²) >= 11 is 0. The minimum Gasteiger partial charge on any atom is -0.496 e. The van der Waals surface area contributed by atoms with Crippen LogP contribution in [0.5, 0.6) is 17.2 Å². The lowest BCUT2D eigenvalue weighted by molar-refractivity contribution is -0.115. The maximum atomic E-state index is 12.7. The predicted octanol–water partition coefficient (Wildman–Crippen LogP) is 6.42. The van der Waals surface area contributed by atoms with Gasteiger partial charge in [0.25, 0.3) is 0 Å². The number of para-hydroxylation sites is 2. The highest BCUT2D eigenvalue weighted by Crippen LogP contribution is 2.34. The number of nitrogens with one attached hydrogen (secondary N) is 1. The van der Waals surface area contributed by atoms with Crippen LogP contribution in [0.3, 0.4) is 0 Å². The predicted molar refractivity (Wildman–Crippen MR) is 148 cm³/mol. The fourth-order valence-electron chi connectivity index (χ4n) is 3.83. The number of fused-ring (bicyclic) bond motifs is 1. The summed E-state index contributed by atoms with van der Waals surface area (Å²) in [5.74, 6) is 1.97. The number of amides is 1. The van der Waals surface area contributed by atoms with Crippen LogP contribution in [0.4, 0.5) is 11.4 Å². The van der Waals surface area contributed by atoms with Crippen molar-refractivity contribution in [2.75, 3.05) is 37.5 Å². The van der Waals surface area contributed by atoms with Crippen LogP contribution >= 0.6 is 0 Å². The number of aldehydes is 1.